The minimum absolute atomic E-state index is 0.0447. The molecule has 0 bridgehead atoms. The van der Waals surface area contributed by atoms with Gasteiger partial charge in [-0.15, -0.1) is 0 Å². The third kappa shape index (κ3) is 2.02. The van der Waals surface area contributed by atoms with Crippen LogP contribution < -0.4 is 5.73 Å². The van der Waals surface area contributed by atoms with Gasteiger partial charge in [0.2, 0.25) is 0 Å². The zero-order chi connectivity index (χ0) is 10.1. The first-order chi connectivity index (χ1) is 5.96. The van der Waals surface area contributed by atoms with Crippen LogP contribution in [-0.2, 0) is 12.0 Å². The van der Waals surface area contributed by atoms with E-state index in [9.17, 15) is 0 Å². The summed E-state index contributed by atoms with van der Waals surface area (Å²) in [5.41, 5.74) is 7.02. The predicted molar refractivity (Wildman–Crippen MR) is 55.6 cm³/mol. The first-order valence-corrected chi connectivity index (χ1v) is 4.78. The van der Waals surface area contributed by atoms with E-state index in [4.69, 9.17) is 5.73 Å². The Bertz CT molecular complexity index is 281. The second kappa shape index (κ2) is 3.40. The third-order valence-electron chi connectivity index (χ3n) is 2.05. The summed E-state index contributed by atoms with van der Waals surface area (Å²) < 4.78 is 2.01. The SMILES string of the molecule is CCCn1cnc(C(C)(C)C)c1N. The molecule has 0 aliphatic rings. The number of nitrogens with two attached hydrogens (primary N) is 1. The van der Waals surface area contributed by atoms with E-state index in [2.05, 4.69) is 32.7 Å². The molecule has 3 nitrogen and oxygen atoms in total. The molecule has 0 spiro atoms. The van der Waals surface area contributed by atoms with Crippen LogP contribution in [0.25, 0.3) is 0 Å². The van der Waals surface area contributed by atoms with Crippen molar-refractivity contribution in [2.24, 2.45) is 0 Å². The molecule has 0 saturated carbocycles. The van der Waals surface area contributed by atoms with Crippen LogP contribution in [0.2, 0.25) is 0 Å². The van der Waals surface area contributed by atoms with E-state index in [1.54, 1.807) is 0 Å². The molecule has 1 aromatic heterocycles. The quantitative estimate of drug-likeness (QED) is 0.760. The second-order valence-corrected chi connectivity index (χ2v) is 4.42. The number of hydrogen-bond donors (Lipinski definition) is 1. The molecule has 1 rings (SSSR count). The van der Waals surface area contributed by atoms with Crippen LogP contribution in [0, 0.1) is 0 Å². The third-order valence-corrected chi connectivity index (χ3v) is 2.05. The summed E-state index contributed by atoms with van der Waals surface area (Å²) >= 11 is 0. The summed E-state index contributed by atoms with van der Waals surface area (Å²) in [6.07, 6.45) is 2.92. The van der Waals surface area contributed by atoms with Gasteiger partial charge in [-0.25, -0.2) is 4.98 Å². The number of hydrogen-bond acceptors (Lipinski definition) is 2. The summed E-state index contributed by atoms with van der Waals surface area (Å²) in [5.74, 6) is 0.814. The first kappa shape index (κ1) is 10.1. The fourth-order valence-electron chi connectivity index (χ4n) is 1.39. The van der Waals surface area contributed by atoms with Crippen molar-refractivity contribution in [1.82, 2.24) is 9.55 Å². The average molecular weight is 181 g/mol. The molecule has 0 aromatic carbocycles. The van der Waals surface area contributed by atoms with Crippen LogP contribution in [0.15, 0.2) is 6.33 Å². The van der Waals surface area contributed by atoms with Gasteiger partial charge in [0.25, 0.3) is 0 Å². The van der Waals surface area contributed by atoms with Crippen LogP contribution in [0.3, 0.4) is 0 Å². The largest absolute Gasteiger partial charge is 0.384 e. The predicted octanol–water partition coefficient (Wildman–Crippen LogP) is 2.17. The maximum atomic E-state index is 5.98. The Hall–Kier alpha value is -0.990. The van der Waals surface area contributed by atoms with E-state index in [1.165, 1.54) is 0 Å². The van der Waals surface area contributed by atoms with Gasteiger partial charge < -0.3 is 10.3 Å². The van der Waals surface area contributed by atoms with Crippen molar-refractivity contribution in [3.8, 4) is 0 Å². The zero-order valence-corrected chi connectivity index (χ0v) is 8.96. The van der Waals surface area contributed by atoms with Gasteiger partial charge in [0.05, 0.1) is 12.0 Å². The molecule has 3 heteroatoms. The lowest BCUT2D eigenvalue weighted by atomic mass is 9.92. The molecule has 0 aliphatic heterocycles. The summed E-state index contributed by atoms with van der Waals surface area (Å²) in [5, 5.41) is 0. The molecule has 1 heterocycles. The lowest BCUT2D eigenvalue weighted by Gasteiger charge is -2.16. The molecular formula is C10H19N3. The van der Waals surface area contributed by atoms with Gasteiger partial charge >= 0.3 is 0 Å². The van der Waals surface area contributed by atoms with Crippen LogP contribution in [-0.4, -0.2) is 9.55 Å². The molecule has 0 radical (unpaired) electrons. The normalized spacial score (nSPS) is 12.0. The standard InChI is InChI=1S/C10H19N3/c1-5-6-13-7-12-8(9(13)11)10(2,3)4/h7H,5-6,11H2,1-4H3. The summed E-state index contributed by atoms with van der Waals surface area (Å²) in [6, 6.07) is 0. The Morgan fingerprint density at radius 2 is 2.08 bits per heavy atom. The Balaban J connectivity index is 2.99. The van der Waals surface area contributed by atoms with Crippen LogP contribution in [0.1, 0.15) is 39.8 Å². The highest BCUT2D eigenvalue weighted by Crippen LogP contribution is 2.25. The van der Waals surface area contributed by atoms with Crippen molar-refractivity contribution in [2.45, 2.75) is 46.1 Å². The monoisotopic (exact) mass is 181 g/mol. The highest BCUT2D eigenvalue weighted by Gasteiger charge is 2.20. The van der Waals surface area contributed by atoms with Crippen molar-refractivity contribution in [1.29, 1.82) is 0 Å². The minimum Gasteiger partial charge on any atom is -0.384 e. The molecule has 0 aliphatic carbocycles. The molecule has 0 saturated heterocycles. The number of anilines is 1. The highest BCUT2D eigenvalue weighted by molar-refractivity contribution is 5.40. The zero-order valence-electron chi connectivity index (χ0n) is 8.96. The Kier molecular flexibility index (Phi) is 2.64. The highest BCUT2D eigenvalue weighted by atomic mass is 15.1. The van der Waals surface area contributed by atoms with Crippen LogP contribution in [0.4, 0.5) is 5.82 Å². The van der Waals surface area contributed by atoms with Gasteiger partial charge in [0.15, 0.2) is 0 Å². The number of aryl methyl sites for hydroxylation is 1. The second-order valence-electron chi connectivity index (χ2n) is 4.42. The molecule has 0 amide bonds. The summed E-state index contributed by atoms with van der Waals surface area (Å²) in [7, 11) is 0. The van der Waals surface area contributed by atoms with Gasteiger partial charge in [-0.1, -0.05) is 27.7 Å². The van der Waals surface area contributed by atoms with E-state index in [0.717, 1.165) is 24.5 Å². The molecule has 0 fully saturated rings. The van der Waals surface area contributed by atoms with E-state index < -0.39 is 0 Å². The topological polar surface area (TPSA) is 43.8 Å². The molecule has 74 valence electrons. The van der Waals surface area contributed by atoms with Crippen molar-refractivity contribution < 1.29 is 0 Å². The van der Waals surface area contributed by atoms with Gasteiger partial charge in [-0.2, -0.15) is 0 Å². The minimum atomic E-state index is 0.0447. The molecular weight excluding hydrogens is 162 g/mol. The molecule has 2 N–H and O–H groups in total. The van der Waals surface area contributed by atoms with Gasteiger partial charge in [-0.3, -0.25) is 0 Å². The Morgan fingerprint density at radius 3 is 2.46 bits per heavy atom. The number of aromatic nitrogens is 2. The fourth-order valence-corrected chi connectivity index (χ4v) is 1.39. The number of nitrogens with zero attached hydrogens (tertiary/aromatic N) is 2. The van der Waals surface area contributed by atoms with Gasteiger partial charge in [-0.05, 0) is 6.42 Å². The fraction of sp³-hybridized carbons (Fsp3) is 0.700. The van der Waals surface area contributed by atoms with E-state index in [1.807, 2.05) is 10.9 Å². The number of nitrogen functional groups attached to an aromatic ring is 1. The Labute approximate surface area is 80.0 Å². The van der Waals surface area contributed by atoms with E-state index in [0.29, 0.717) is 0 Å². The Morgan fingerprint density at radius 1 is 1.46 bits per heavy atom. The first-order valence-electron chi connectivity index (χ1n) is 4.78. The smallest absolute Gasteiger partial charge is 0.127 e. The molecule has 0 unspecified atom stereocenters. The van der Waals surface area contributed by atoms with Crippen molar-refractivity contribution >= 4 is 5.82 Å². The maximum absolute atomic E-state index is 5.98. The van der Waals surface area contributed by atoms with Crippen LogP contribution >= 0.6 is 0 Å². The van der Waals surface area contributed by atoms with Gasteiger partial charge in [0.1, 0.15) is 5.82 Å². The molecule has 0 atom stereocenters. The maximum Gasteiger partial charge on any atom is 0.127 e. The summed E-state index contributed by atoms with van der Waals surface area (Å²) in [4.78, 5) is 4.34. The lowest BCUT2D eigenvalue weighted by Crippen LogP contribution is -2.15. The van der Waals surface area contributed by atoms with Crippen LogP contribution in [0.5, 0.6) is 0 Å². The molecule has 13 heavy (non-hydrogen) atoms. The van der Waals surface area contributed by atoms with Crippen molar-refractivity contribution in [2.75, 3.05) is 5.73 Å². The van der Waals surface area contributed by atoms with Crippen molar-refractivity contribution in [3.63, 3.8) is 0 Å². The molecule has 1 aromatic rings. The average Bonchev–Trinajstić information content (AvgIpc) is 2.32. The number of rotatable bonds is 2. The van der Waals surface area contributed by atoms with E-state index in [-0.39, 0.29) is 5.41 Å². The number of imidazole rings is 1. The lowest BCUT2D eigenvalue weighted by molar-refractivity contribution is 0.573. The van der Waals surface area contributed by atoms with E-state index >= 15 is 0 Å². The summed E-state index contributed by atoms with van der Waals surface area (Å²) in [6.45, 7) is 9.47. The van der Waals surface area contributed by atoms with Crippen molar-refractivity contribution in [3.05, 3.63) is 12.0 Å². The van der Waals surface area contributed by atoms with Gasteiger partial charge in [0, 0.05) is 12.0 Å².